The van der Waals surface area contributed by atoms with E-state index >= 15 is 0 Å². The number of hydrogen-bond donors (Lipinski definition) is 0. The van der Waals surface area contributed by atoms with Crippen molar-refractivity contribution in [2.24, 2.45) is 5.92 Å². The Hall–Kier alpha value is -2.34. The first-order chi connectivity index (χ1) is 13.9. The molecule has 0 saturated heterocycles. The predicted molar refractivity (Wildman–Crippen MR) is 116 cm³/mol. The van der Waals surface area contributed by atoms with Gasteiger partial charge in [-0.15, -0.1) is 11.3 Å². The highest BCUT2D eigenvalue weighted by molar-refractivity contribution is 7.10. The van der Waals surface area contributed by atoms with Crippen molar-refractivity contribution < 1.29 is 14.3 Å². The van der Waals surface area contributed by atoms with Crippen LogP contribution in [0.15, 0.2) is 41.8 Å². The summed E-state index contributed by atoms with van der Waals surface area (Å²) in [6.07, 6.45) is 0.848. The van der Waals surface area contributed by atoms with Crippen LogP contribution in [-0.4, -0.2) is 47.4 Å². The summed E-state index contributed by atoms with van der Waals surface area (Å²) in [5.41, 5.74) is 1.16. The molecule has 5 nitrogen and oxygen atoms in total. The van der Waals surface area contributed by atoms with Crippen LogP contribution in [-0.2, 0) is 16.0 Å². The Morgan fingerprint density at radius 1 is 1.17 bits per heavy atom. The lowest BCUT2D eigenvalue weighted by Gasteiger charge is -2.38. The summed E-state index contributed by atoms with van der Waals surface area (Å²) >= 11 is 1.73. The third kappa shape index (κ3) is 4.99. The maximum Gasteiger partial charge on any atom is 0.242 e. The highest BCUT2D eigenvalue weighted by Crippen LogP contribution is 2.34. The molecular formula is C23H30N2O3S. The monoisotopic (exact) mass is 414 g/mol. The third-order valence-corrected chi connectivity index (χ3v) is 6.27. The van der Waals surface area contributed by atoms with Crippen LogP contribution in [0, 0.1) is 5.92 Å². The number of para-hydroxylation sites is 1. The van der Waals surface area contributed by atoms with Crippen molar-refractivity contribution in [3.05, 3.63) is 52.2 Å². The second-order valence-corrected chi connectivity index (χ2v) is 8.99. The van der Waals surface area contributed by atoms with Crippen molar-refractivity contribution in [3.63, 3.8) is 0 Å². The van der Waals surface area contributed by atoms with Crippen LogP contribution in [0.25, 0.3) is 0 Å². The summed E-state index contributed by atoms with van der Waals surface area (Å²) in [6.45, 7) is 8.81. The zero-order valence-electron chi connectivity index (χ0n) is 17.6. The van der Waals surface area contributed by atoms with Gasteiger partial charge in [0.05, 0.1) is 6.04 Å². The Kier molecular flexibility index (Phi) is 6.96. The maximum atomic E-state index is 13.3. The minimum atomic E-state index is -0.138. The molecule has 2 amide bonds. The van der Waals surface area contributed by atoms with Gasteiger partial charge in [0.25, 0.3) is 0 Å². The molecule has 1 aromatic carbocycles. The van der Waals surface area contributed by atoms with Crippen molar-refractivity contribution >= 4 is 23.2 Å². The number of ether oxygens (including phenoxy) is 1. The van der Waals surface area contributed by atoms with Gasteiger partial charge in [0.2, 0.25) is 11.8 Å². The van der Waals surface area contributed by atoms with E-state index in [9.17, 15) is 9.59 Å². The van der Waals surface area contributed by atoms with Crippen molar-refractivity contribution in [1.82, 2.24) is 9.80 Å². The molecule has 0 fully saturated rings. The summed E-state index contributed by atoms with van der Waals surface area (Å²) in [6, 6.07) is 11.6. The Balaban J connectivity index is 1.78. The van der Waals surface area contributed by atoms with Crippen molar-refractivity contribution in [3.8, 4) is 5.75 Å². The molecule has 2 aromatic rings. The highest BCUT2D eigenvalue weighted by atomic mass is 32.1. The molecule has 29 heavy (non-hydrogen) atoms. The number of rotatable bonds is 7. The molecule has 2 heterocycles. The average Bonchev–Trinajstić information content (AvgIpc) is 3.19. The summed E-state index contributed by atoms with van der Waals surface area (Å²) in [4.78, 5) is 30.7. The summed E-state index contributed by atoms with van der Waals surface area (Å²) in [7, 11) is 0. The molecule has 1 atom stereocenters. The summed E-state index contributed by atoms with van der Waals surface area (Å²) < 4.78 is 6.02. The van der Waals surface area contributed by atoms with E-state index in [-0.39, 0.29) is 36.4 Å². The lowest BCUT2D eigenvalue weighted by atomic mass is 10.00. The number of amides is 2. The van der Waals surface area contributed by atoms with Crippen LogP contribution in [0.4, 0.5) is 0 Å². The van der Waals surface area contributed by atoms with Crippen molar-refractivity contribution in [2.45, 2.75) is 46.2 Å². The Bertz CT molecular complexity index is 832. The van der Waals surface area contributed by atoms with Gasteiger partial charge >= 0.3 is 0 Å². The van der Waals surface area contributed by atoms with E-state index < -0.39 is 0 Å². The van der Waals surface area contributed by atoms with Gasteiger partial charge in [0, 0.05) is 23.4 Å². The number of fused-ring (bicyclic) bond motifs is 1. The van der Waals surface area contributed by atoms with Crippen molar-refractivity contribution in [1.29, 1.82) is 0 Å². The largest absolute Gasteiger partial charge is 0.491 e. The standard InChI is InChI=1S/C23H30N2O3S/c1-16(2)23(27)25(17(3)4)14-22(26)24-12-10-21-19(11-13-29-21)20(24)15-28-18-8-6-5-7-9-18/h5-9,11,13,16-17,20H,10,12,14-15H2,1-4H3/t20-/m1/s1. The lowest BCUT2D eigenvalue weighted by molar-refractivity contribution is -0.145. The molecule has 0 radical (unpaired) electrons. The van der Waals surface area contributed by atoms with E-state index in [1.807, 2.05) is 62.9 Å². The van der Waals surface area contributed by atoms with Gasteiger partial charge in [-0.1, -0.05) is 32.0 Å². The predicted octanol–water partition coefficient (Wildman–Crippen LogP) is 4.15. The molecule has 1 aromatic heterocycles. The van der Waals surface area contributed by atoms with Crippen LogP contribution in [0.2, 0.25) is 0 Å². The molecule has 6 heteroatoms. The first-order valence-electron chi connectivity index (χ1n) is 10.2. The van der Waals surface area contributed by atoms with Crippen LogP contribution >= 0.6 is 11.3 Å². The smallest absolute Gasteiger partial charge is 0.242 e. The lowest BCUT2D eigenvalue weighted by Crippen LogP contribution is -2.50. The van der Waals surface area contributed by atoms with Gasteiger partial charge in [0.1, 0.15) is 18.9 Å². The molecule has 156 valence electrons. The fourth-order valence-electron chi connectivity index (χ4n) is 3.65. The molecule has 1 aliphatic rings. The molecule has 1 aliphatic heterocycles. The molecule has 0 spiro atoms. The quantitative estimate of drug-likeness (QED) is 0.684. The summed E-state index contributed by atoms with van der Waals surface area (Å²) in [5.74, 6) is 0.651. The van der Waals surface area contributed by atoms with Gasteiger partial charge in [-0.3, -0.25) is 9.59 Å². The number of benzene rings is 1. The van der Waals surface area contributed by atoms with E-state index in [1.165, 1.54) is 4.88 Å². The fraction of sp³-hybridized carbons (Fsp3) is 0.478. The first kappa shape index (κ1) is 21.4. The molecule has 0 N–H and O–H groups in total. The van der Waals surface area contributed by atoms with E-state index in [2.05, 4.69) is 11.4 Å². The first-order valence-corrected chi connectivity index (χ1v) is 11.1. The minimum absolute atomic E-state index is 0.0127. The molecule has 0 unspecified atom stereocenters. The average molecular weight is 415 g/mol. The highest BCUT2D eigenvalue weighted by Gasteiger charge is 2.34. The van der Waals surface area contributed by atoms with Gasteiger partial charge in [0.15, 0.2) is 0 Å². The fourth-order valence-corrected chi connectivity index (χ4v) is 4.58. The Morgan fingerprint density at radius 2 is 1.90 bits per heavy atom. The van der Waals surface area contributed by atoms with Crippen molar-refractivity contribution in [2.75, 3.05) is 19.7 Å². The van der Waals surface area contributed by atoms with E-state index in [1.54, 1.807) is 16.2 Å². The van der Waals surface area contributed by atoms with E-state index in [4.69, 9.17) is 4.74 Å². The maximum absolute atomic E-state index is 13.3. The van der Waals surface area contributed by atoms with Crippen LogP contribution in [0.1, 0.15) is 44.2 Å². The number of hydrogen-bond acceptors (Lipinski definition) is 4. The van der Waals surface area contributed by atoms with E-state index in [0.717, 1.165) is 17.7 Å². The van der Waals surface area contributed by atoms with Gasteiger partial charge in [-0.25, -0.2) is 0 Å². The van der Waals surface area contributed by atoms with Gasteiger partial charge < -0.3 is 14.5 Å². The molecule has 0 aliphatic carbocycles. The number of carbonyl (C=O) groups excluding carboxylic acids is 2. The normalized spacial score (nSPS) is 16.1. The third-order valence-electron chi connectivity index (χ3n) is 5.27. The summed E-state index contributed by atoms with van der Waals surface area (Å²) in [5, 5.41) is 2.08. The van der Waals surface area contributed by atoms with Gasteiger partial charge in [-0.2, -0.15) is 0 Å². The molecule has 0 saturated carbocycles. The Morgan fingerprint density at radius 3 is 2.55 bits per heavy atom. The zero-order chi connectivity index (χ0) is 21.0. The second-order valence-electron chi connectivity index (χ2n) is 7.99. The van der Waals surface area contributed by atoms with E-state index in [0.29, 0.717) is 13.2 Å². The number of nitrogens with zero attached hydrogens (tertiary/aromatic N) is 2. The molecule has 0 bridgehead atoms. The second kappa shape index (κ2) is 9.44. The van der Waals surface area contributed by atoms with Crippen LogP contribution < -0.4 is 4.74 Å². The number of carbonyl (C=O) groups is 2. The zero-order valence-corrected chi connectivity index (χ0v) is 18.4. The number of thiophene rings is 1. The molecular weight excluding hydrogens is 384 g/mol. The SMILES string of the molecule is CC(C)C(=O)N(CC(=O)N1CCc2sccc2[C@H]1COc1ccccc1)C(C)C. The van der Waals surface area contributed by atoms with Gasteiger partial charge in [-0.05, 0) is 49.4 Å². The molecule has 3 rings (SSSR count). The minimum Gasteiger partial charge on any atom is -0.491 e. The Labute approximate surface area is 177 Å². The topological polar surface area (TPSA) is 49.9 Å². The van der Waals surface area contributed by atoms with Crippen LogP contribution in [0.5, 0.6) is 5.75 Å². The van der Waals surface area contributed by atoms with Crippen LogP contribution in [0.3, 0.4) is 0 Å².